The van der Waals surface area contributed by atoms with E-state index in [2.05, 4.69) is 23.3 Å². The Bertz CT molecular complexity index is 874. The van der Waals surface area contributed by atoms with Gasteiger partial charge in [-0.2, -0.15) is 12.6 Å². The van der Waals surface area contributed by atoms with E-state index in [-0.39, 0.29) is 23.6 Å². The third-order valence-corrected chi connectivity index (χ3v) is 5.60. The van der Waals surface area contributed by atoms with Crippen molar-refractivity contribution in [2.75, 3.05) is 5.75 Å². The molecule has 0 spiro atoms. The van der Waals surface area contributed by atoms with Crippen LogP contribution in [0.3, 0.4) is 0 Å². The van der Waals surface area contributed by atoms with E-state index >= 15 is 0 Å². The van der Waals surface area contributed by atoms with Crippen molar-refractivity contribution in [1.29, 1.82) is 0 Å². The Labute approximate surface area is 210 Å². The second kappa shape index (κ2) is 12.0. The van der Waals surface area contributed by atoms with Crippen LogP contribution >= 0.6 is 12.6 Å². The fourth-order valence-corrected chi connectivity index (χ4v) is 3.85. The highest BCUT2D eigenvalue weighted by atomic mass is 32.1. The Balaban J connectivity index is 3.54. The maximum absolute atomic E-state index is 13.9. The molecule has 0 fully saturated rings. The highest BCUT2D eigenvalue weighted by Gasteiger charge is 2.39. The van der Waals surface area contributed by atoms with Crippen LogP contribution in [0.15, 0.2) is 18.2 Å². The number of nitrogens with one attached hydrogen (secondary N) is 2. The molecule has 1 aromatic rings. The molecule has 0 saturated heterocycles. The maximum atomic E-state index is 13.9. The molecule has 0 aliphatic rings. The SMILES string of the molecule is CCC(C)N(C(=O)C(CS)NC(=O)OC(C)(C)C)C(C(=O)NC(C)(C)C)c1ccc(C)cc1C. The normalized spacial score (nSPS) is 14.6. The van der Waals surface area contributed by atoms with Gasteiger partial charge >= 0.3 is 6.09 Å². The molecule has 3 atom stereocenters. The minimum Gasteiger partial charge on any atom is -0.444 e. The molecule has 0 heterocycles. The van der Waals surface area contributed by atoms with Crippen molar-refractivity contribution in [1.82, 2.24) is 15.5 Å². The summed E-state index contributed by atoms with van der Waals surface area (Å²) in [5.41, 5.74) is 1.53. The van der Waals surface area contributed by atoms with Crippen LogP contribution in [0.1, 0.15) is 84.5 Å². The van der Waals surface area contributed by atoms with Crippen LogP contribution in [0.4, 0.5) is 4.79 Å². The van der Waals surface area contributed by atoms with Gasteiger partial charge in [-0.15, -0.1) is 0 Å². The quantitative estimate of drug-likeness (QED) is 0.458. The lowest BCUT2D eigenvalue weighted by Gasteiger charge is -2.39. The van der Waals surface area contributed by atoms with Gasteiger partial charge in [0.25, 0.3) is 0 Å². The number of alkyl carbamates (subject to hydrolysis) is 1. The molecule has 34 heavy (non-hydrogen) atoms. The van der Waals surface area contributed by atoms with Gasteiger partial charge in [0.05, 0.1) is 0 Å². The van der Waals surface area contributed by atoms with Crippen molar-refractivity contribution in [2.24, 2.45) is 0 Å². The van der Waals surface area contributed by atoms with E-state index in [1.165, 1.54) is 0 Å². The summed E-state index contributed by atoms with van der Waals surface area (Å²) in [7, 11) is 0. The number of nitrogens with zero attached hydrogens (tertiary/aromatic N) is 1. The number of aryl methyl sites for hydroxylation is 2. The Morgan fingerprint density at radius 3 is 2.12 bits per heavy atom. The molecule has 1 rings (SSSR count). The minimum atomic E-state index is -0.956. The van der Waals surface area contributed by atoms with E-state index in [0.29, 0.717) is 6.42 Å². The van der Waals surface area contributed by atoms with Crippen molar-refractivity contribution in [3.63, 3.8) is 0 Å². The van der Waals surface area contributed by atoms with Crippen LogP contribution in [0.25, 0.3) is 0 Å². The zero-order valence-electron chi connectivity index (χ0n) is 22.4. The zero-order valence-corrected chi connectivity index (χ0v) is 23.3. The van der Waals surface area contributed by atoms with E-state index in [0.717, 1.165) is 16.7 Å². The number of amides is 3. The van der Waals surface area contributed by atoms with Gasteiger partial charge < -0.3 is 20.3 Å². The average molecular weight is 494 g/mol. The number of rotatable bonds is 8. The first-order chi connectivity index (χ1) is 15.5. The van der Waals surface area contributed by atoms with Crippen LogP contribution < -0.4 is 10.6 Å². The molecule has 0 bridgehead atoms. The molecule has 3 amide bonds. The highest BCUT2D eigenvalue weighted by molar-refractivity contribution is 7.80. The summed E-state index contributed by atoms with van der Waals surface area (Å²) >= 11 is 4.33. The van der Waals surface area contributed by atoms with Crippen LogP contribution in [-0.4, -0.2) is 51.8 Å². The third kappa shape index (κ3) is 8.85. The summed E-state index contributed by atoms with van der Waals surface area (Å²) in [6.45, 7) is 18.8. The topological polar surface area (TPSA) is 87.7 Å². The second-order valence-corrected chi connectivity index (χ2v) is 11.3. The number of ether oxygens (including phenoxy) is 1. The monoisotopic (exact) mass is 493 g/mol. The van der Waals surface area contributed by atoms with Crippen molar-refractivity contribution in [3.8, 4) is 0 Å². The Hall–Kier alpha value is -2.22. The summed E-state index contributed by atoms with van der Waals surface area (Å²) in [4.78, 5) is 41.5. The van der Waals surface area contributed by atoms with Gasteiger partial charge in [0.2, 0.25) is 11.8 Å². The fraction of sp³-hybridized carbons (Fsp3) is 0.654. The molecule has 0 aliphatic carbocycles. The molecule has 0 aliphatic heterocycles. The molecular formula is C26H43N3O4S. The van der Waals surface area contributed by atoms with Crippen molar-refractivity contribution < 1.29 is 19.1 Å². The standard InChI is InChI=1S/C26H43N3O4S/c1-11-18(4)29(23(31)20(15-34)27-24(32)33-26(8,9)10)21(22(30)28-25(5,6)7)19-13-12-16(2)14-17(19)3/h12-14,18,20-21,34H,11,15H2,1-10H3,(H,27,32)(H,28,30). The van der Waals surface area contributed by atoms with Gasteiger partial charge in [0.15, 0.2) is 0 Å². The van der Waals surface area contributed by atoms with Crippen molar-refractivity contribution >= 4 is 30.5 Å². The van der Waals surface area contributed by atoms with E-state index in [9.17, 15) is 14.4 Å². The first kappa shape index (κ1) is 29.8. The summed E-state index contributed by atoms with van der Waals surface area (Å²) in [6.07, 6.45) is -0.0759. The molecule has 3 unspecified atom stereocenters. The lowest BCUT2D eigenvalue weighted by Crippen LogP contribution is -2.57. The molecule has 0 radical (unpaired) electrons. The van der Waals surface area contributed by atoms with Crippen LogP contribution in [-0.2, 0) is 14.3 Å². The van der Waals surface area contributed by atoms with Gasteiger partial charge in [-0.05, 0) is 79.9 Å². The van der Waals surface area contributed by atoms with E-state index in [4.69, 9.17) is 4.74 Å². The van der Waals surface area contributed by atoms with E-state index in [1.54, 1.807) is 25.7 Å². The van der Waals surface area contributed by atoms with Gasteiger partial charge in [0.1, 0.15) is 17.7 Å². The van der Waals surface area contributed by atoms with Gasteiger partial charge in [-0.25, -0.2) is 4.79 Å². The second-order valence-electron chi connectivity index (χ2n) is 10.9. The number of benzene rings is 1. The highest BCUT2D eigenvalue weighted by Crippen LogP contribution is 2.29. The predicted molar refractivity (Wildman–Crippen MR) is 140 cm³/mol. The lowest BCUT2D eigenvalue weighted by molar-refractivity contribution is -0.145. The average Bonchev–Trinajstić information content (AvgIpc) is 2.67. The molecule has 1 aromatic carbocycles. The minimum absolute atomic E-state index is 0.0610. The van der Waals surface area contributed by atoms with Crippen molar-refractivity contribution in [2.45, 2.75) is 105 Å². The molecule has 0 aromatic heterocycles. The lowest BCUT2D eigenvalue weighted by atomic mass is 9.94. The number of hydrogen-bond donors (Lipinski definition) is 3. The zero-order chi connectivity index (χ0) is 26.4. The summed E-state index contributed by atoms with van der Waals surface area (Å²) < 4.78 is 5.34. The first-order valence-corrected chi connectivity index (χ1v) is 12.5. The Morgan fingerprint density at radius 2 is 1.68 bits per heavy atom. The van der Waals surface area contributed by atoms with Crippen molar-refractivity contribution in [3.05, 3.63) is 34.9 Å². The number of carbonyl (C=O) groups is 3. The molecule has 2 N–H and O–H groups in total. The van der Waals surface area contributed by atoms with Crippen LogP contribution in [0.5, 0.6) is 0 Å². The molecular weight excluding hydrogens is 450 g/mol. The molecule has 8 heteroatoms. The third-order valence-electron chi connectivity index (χ3n) is 5.24. The summed E-state index contributed by atoms with van der Waals surface area (Å²) in [5.74, 6) is -0.599. The van der Waals surface area contributed by atoms with Crippen LogP contribution in [0, 0.1) is 13.8 Å². The largest absolute Gasteiger partial charge is 0.444 e. The number of thiol groups is 1. The predicted octanol–water partition coefficient (Wildman–Crippen LogP) is 4.71. The molecule has 0 saturated carbocycles. The molecule has 192 valence electrons. The number of hydrogen-bond acceptors (Lipinski definition) is 5. The first-order valence-electron chi connectivity index (χ1n) is 11.8. The van der Waals surface area contributed by atoms with Gasteiger partial charge in [-0.1, -0.05) is 30.7 Å². The van der Waals surface area contributed by atoms with E-state index < -0.39 is 29.3 Å². The Kier molecular flexibility index (Phi) is 10.5. The van der Waals surface area contributed by atoms with E-state index in [1.807, 2.05) is 66.7 Å². The Morgan fingerprint density at radius 1 is 1.09 bits per heavy atom. The maximum Gasteiger partial charge on any atom is 0.408 e. The summed E-state index contributed by atoms with van der Waals surface area (Å²) in [6, 6.07) is 3.74. The fourth-order valence-electron chi connectivity index (χ4n) is 3.60. The number of carbonyl (C=O) groups excluding carboxylic acids is 3. The van der Waals surface area contributed by atoms with Gasteiger partial charge in [0, 0.05) is 17.3 Å². The van der Waals surface area contributed by atoms with Crippen LogP contribution in [0.2, 0.25) is 0 Å². The molecule has 7 nitrogen and oxygen atoms in total. The smallest absolute Gasteiger partial charge is 0.408 e. The summed E-state index contributed by atoms with van der Waals surface area (Å²) in [5, 5.41) is 5.68. The van der Waals surface area contributed by atoms with Gasteiger partial charge in [-0.3, -0.25) is 9.59 Å².